The van der Waals surface area contributed by atoms with Crippen LogP contribution in [0.15, 0.2) is 12.2 Å². The number of piperidine rings is 1. The first-order valence-corrected chi connectivity index (χ1v) is 8.39. The van der Waals surface area contributed by atoms with E-state index in [1.807, 2.05) is 0 Å². The molecule has 23 heavy (non-hydrogen) atoms. The molecule has 2 amide bonds. The molecule has 1 aliphatic heterocycles. The molecule has 0 aromatic heterocycles. The molecule has 1 N–H and O–H groups in total. The fourth-order valence-corrected chi connectivity index (χ4v) is 4.10. The first-order chi connectivity index (χ1) is 11.0. The second kappa shape index (κ2) is 6.34. The summed E-state index contributed by atoms with van der Waals surface area (Å²) in [6.07, 6.45) is 7.31. The lowest BCUT2D eigenvalue weighted by Gasteiger charge is -2.32. The van der Waals surface area contributed by atoms with E-state index in [1.165, 1.54) is 0 Å². The van der Waals surface area contributed by atoms with Gasteiger partial charge >= 0.3 is 5.97 Å². The summed E-state index contributed by atoms with van der Waals surface area (Å²) in [4.78, 5) is 39.0. The Hall–Kier alpha value is -1.85. The number of aliphatic carboxylic acids is 1. The second-order valence-corrected chi connectivity index (χ2v) is 7.07. The van der Waals surface area contributed by atoms with Crippen LogP contribution in [0.3, 0.4) is 0 Å². The van der Waals surface area contributed by atoms with Crippen LogP contribution in [0.2, 0.25) is 0 Å². The number of hydrogen-bond donors (Lipinski definition) is 1. The van der Waals surface area contributed by atoms with Gasteiger partial charge in [-0.15, -0.1) is 0 Å². The number of carboxylic acids is 1. The minimum Gasteiger partial charge on any atom is -0.481 e. The molecular formula is C17H24N2O4. The van der Waals surface area contributed by atoms with Crippen LogP contribution in [0.1, 0.15) is 25.7 Å². The molecule has 0 radical (unpaired) electrons. The number of nitrogens with zero attached hydrogens (tertiary/aromatic N) is 2. The molecule has 1 saturated carbocycles. The Morgan fingerprint density at radius 2 is 1.87 bits per heavy atom. The lowest BCUT2D eigenvalue weighted by Crippen LogP contribution is -2.46. The number of likely N-dealkylation sites (tertiary alicyclic amines) is 1. The third-order valence-electron chi connectivity index (χ3n) is 5.54. The monoisotopic (exact) mass is 320 g/mol. The van der Waals surface area contributed by atoms with Gasteiger partial charge in [-0.25, -0.2) is 0 Å². The van der Waals surface area contributed by atoms with E-state index in [0.717, 1.165) is 12.8 Å². The third kappa shape index (κ3) is 3.26. The summed E-state index contributed by atoms with van der Waals surface area (Å²) in [5, 5.41) is 8.99. The van der Waals surface area contributed by atoms with Crippen molar-refractivity contribution in [1.29, 1.82) is 0 Å². The maximum absolute atomic E-state index is 12.5. The molecular weight excluding hydrogens is 296 g/mol. The van der Waals surface area contributed by atoms with Gasteiger partial charge in [0.05, 0.1) is 12.5 Å². The molecule has 0 aromatic carbocycles. The average molecular weight is 320 g/mol. The van der Waals surface area contributed by atoms with Crippen molar-refractivity contribution in [1.82, 2.24) is 9.80 Å². The first kappa shape index (κ1) is 16.0. The fraction of sp³-hybridized carbons (Fsp3) is 0.706. The highest BCUT2D eigenvalue weighted by Crippen LogP contribution is 2.44. The van der Waals surface area contributed by atoms with Crippen molar-refractivity contribution < 1.29 is 19.5 Å². The second-order valence-electron chi connectivity index (χ2n) is 7.07. The Bertz CT molecular complexity index is 537. The molecule has 0 aromatic rings. The van der Waals surface area contributed by atoms with E-state index in [4.69, 9.17) is 5.11 Å². The minimum absolute atomic E-state index is 0.0283. The Balaban J connectivity index is 1.49. The molecule has 3 aliphatic rings. The zero-order chi connectivity index (χ0) is 16.6. The molecule has 1 saturated heterocycles. The molecule has 126 valence electrons. The predicted molar refractivity (Wildman–Crippen MR) is 83.4 cm³/mol. The van der Waals surface area contributed by atoms with Gasteiger partial charge in [0, 0.05) is 26.1 Å². The summed E-state index contributed by atoms with van der Waals surface area (Å²) in [5.41, 5.74) is 0. The zero-order valence-corrected chi connectivity index (χ0v) is 13.5. The van der Waals surface area contributed by atoms with E-state index in [2.05, 4.69) is 12.2 Å². The quantitative estimate of drug-likeness (QED) is 0.783. The molecule has 6 heteroatoms. The van der Waals surface area contributed by atoms with Crippen molar-refractivity contribution in [2.24, 2.45) is 23.7 Å². The van der Waals surface area contributed by atoms with Crippen molar-refractivity contribution in [2.75, 3.05) is 26.7 Å². The third-order valence-corrected chi connectivity index (χ3v) is 5.54. The fourth-order valence-electron chi connectivity index (χ4n) is 4.10. The number of rotatable bonds is 4. The molecule has 3 atom stereocenters. The molecule has 2 bridgehead atoms. The van der Waals surface area contributed by atoms with Gasteiger partial charge in [0.15, 0.2) is 0 Å². The summed E-state index contributed by atoms with van der Waals surface area (Å²) < 4.78 is 0. The summed E-state index contributed by atoms with van der Waals surface area (Å²) in [7, 11) is 1.69. The largest absolute Gasteiger partial charge is 0.481 e. The number of fused-ring (bicyclic) bond motifs is 2. The van der Waals surface area contributed by atoms with Crippen LogP contribution in [0.4, 0.5) is 0 Å². The van der Waals surface area contributed by atoms with Crippen LogP contribution in [0.25, 0.3) is 0 Å². The van der Waals surface area contributed by atoms with Crippen LogP contribution < -0.4 is 0 Å². The van der Waals surface area contributed by atoms with E-state index in [0.29, 0.717) is 37.8 Å². The lowest BCUT2D eigenvalue weighted by atomic mass is 9.92. The van der Waals surface area contributed by atoms with Gasteiger partial charge in [-0.2, -0.15) is 0 Å². The van der Waals surface area contributed by atoms with Crippen LogP contribution in [0.5, 0.6) is 0 Å². The Labute approximate surface area is 136 Å². The SMILES string of the molecule is CN(CC(=O)N1CCC(C(=O)O)CC1)C(=O)C1CC2C=CC1C2. The van der Waals surface area contributed by atoms with Gasteiger partial charge in [-0.3, -0.25) is 14.4 Å². The van der Waals surface area contributed by atoms with Crippen LogP contribution >= 0.6 is 0 Å². The molecule has 3 rings (SSSR count). The Morgan fingerprint density at radius 1 is 1.17 bits per heavy atom. The summed E-state index contributed by atoms with van der Waals surface area (Å²) >= 11 is 0. The highest BCUT2D eigenvalue weighted by atomic mass is 16.4. The summed E-state index contributed by atoms with van der Waals surface area (Å²) in [5.74, 6) is -0.239. The maximum Gasteiger partial charge on any atom is 0.306 e. The topological polar surface area (TPSA) is 77.9 Å². The number of carbonyl (C=O) groups is 3. The van der Waals surface area contributed by atoms with Gasteiger partial charge in [0.25, 0.3) is 0 Å². The number of likely N-dealkylation sites (N-methyl/N-ethyl adjacent to an activating group) is 1. The van der Waals surface area contributed by atoms with E-state index >= 15 is 0 Å². The van der Waals surface area contributed by atoms with E-state index in [-0.39, 0.29) is 30.2 Å². The van der Waals surface area contributed by atoms with Gasteiger partial charge in [0.1, 0.15) is 0 Å². The zero-order valence-electron chi connectivity index (χ0n) is 13.5. The normalized spacial score (nSPS) is 29.8. The first-order valence-electron chi connectivity index (χ1n) is 8.39. The van der Waals surface area contributed by atoms with E-state index < -0.39 is 5.97 Å². The lowest BCUT2D eigenvalue weighted by molar-refractivity contribution is -0.147. The minimum atomic E-state index is -0.784. The highest BCUT2D eigenvalue weighted by molar-refractivity contribution is 5.86. The molecule has 6 nitrogen and oxygen atoms in total. The molecule has 0 spiro atoms. The molecule has 2 fully saturated rings. The van der Waals surface area contributed by atoms with Gasteiger partial charge in [-0.1, -0.05) is 12.2 Å². The van der Waals surface area contributed by atoms with Gasteiger partial charge < -0.3 is 14.9 Å². The summed E-state index contributed by atoms with van der Waals surface area (Å²) in [6.45, 7) is 1.03. The molecule has 3 unspecified atom stereocenters. The Kier molecular flexibility index (Phi) is 4.41. The van der Waals surface area contributed by atoms with E-state index in [9.17, 15) is 14.4 Å². The van der Waals surface area contributed by atoms with Crippen molar-refractivity contribution in [3.05, 3.63) is 12.2 Å². The number of carbonyl (C=O) groups excluding carboxylic acids is 2. The van der Waals surface area contributed by atoms with Crippen molar-refractivity contribution in [3.63, 3.8) is 0 Å². The smallest absolute Gasteiger partial charge is 0.306 e. The van der Waals surface area contributed by atoms with Gasteiger partial charge in [0.2, 0.25) is 11.8 Å². The maximum atomic E-state index is 12.5. The highest BCUT2D eigenvalue weighted by Gasteiger charge is 2.41. The predicted octanol–water partition coefficient (Wildman–Crippen LogP) is 0.980. The van der Waals surface area contributed by atoms with Crippen molar-refractivity contribution >= 4 is 17.8 Å². The number of hydrogen-bond acceptors (Lipinski definition) is 3. The van der Waals surface area contributed by atoms with E-state index in [1.54, 1.807) is 16.8 Å². The van der Waals surface area contributed by atoms with Crippen molar-refractivity contribution in [2.45, 2.75) is 25.7 Å². The van der Waals surface area contributed by atoms with Crippen LogP contribution in [-0.2, 0) is 14.4 Å². The van der Waals surface area contributed by atoms with Gasteiger partial charge in [-0.05, 0) is 37.5 Å². The molecule has 2 aliphatic carbocycles. The Morgan fingerprint density at radius 3 is 2.39 bits per heavy atom. The summed E-state index contributed by atoms with van der Waals surface area (Å²) in [6, 6.07) is 0. The van der Waals surface area contributed by atoms with Crippen molar-refractivity contribution in [3.8, 4) is 0 Å². The number of carboxylic acid groups (broad SMARTS) is 1. The molecule has 1 heterocycles. The van der Waals surface area contributed by atoms with Crippen LogP contribution in [-0.4, -0.2) is 59.4 Å². The number of allylic oxidation sites excluding steroid dienone is 2. The number of amides is 2. The standard InChI is InChI=1S/C17H24N2O4/c1-18(16(21)14-9-11-2-3-13(14)8-11)10-15(20)19-6-4-12(5-7-19)17(22)23/h2-3,11-14H,4-10H2,1H3,(H,22,23). The van der Waals surface area contributed by atoms with Crippen LogP contribution in [0, 0.1) is 23.7 Å². The average Bonchev–Trinajstić information content (AvgIpc) is 3.17.